The third-order valence-corrected chi connectivity index (χ3v) is 2.27. The van der Waals surface area contributed by atoms with Gasteiger partial charge in [0.05, 0.1) is 12.4 Å². The zero-order chi connectivity index (χ0) is 10.5. The molecule has 0 aromatic carbocycles. The molecule has 1 heterocycles. The van der Waals surface area contributed by atoms with E-state index in [0.29, 0.717) is 12.4 Å². The second kappa shape index (κ2) is 4.94. The minimum absolute atomic E-state index is 0.235. The Morgan fingerprint density at radius 2 is 2.07 bits per heavy atom. The average Bonchev–Trinajstić information content (AvgIpc) is 2.30. The molecule has 0 bridgehead atoms. The van der Waals surface area contributed by atoms with Crippen molar-refractivity contribution < 1.29 is 4.74 Å². The van der Waals surface area contributed by atoms with Gasteiger partial charge in [-0.05, 0) is 30.0 Å². The van der Waals surface area contributed by atoms with Gasteiger partial charge >= 0.3 is 0 Å². The maximum Gasteiger partial charge on any atom is 0.222 e. The quantitative estimate of drug-likeness (QED) is 0.738. The van der Waals surface area contributed by atoms with E-state index in [4.69, 9.17) is 16.3 Å². The lowest BCUT2D eigenvalue weighted by molar-refractivity contribution is 0.351. The summed E-state index contributed by atoms with van der Waals surface area (Å²) in [4.78, 5) is 7.67. The molecule has 0 fully saturated rings. The number of halogens is 1. The fourth-order valence-electron chi connectivity index (χ4n) is 1.32. The lowest BCUT2D eigenvalue weighted by atomic mass is 10.1. The molecule has 3 nitrogen and oxygen atoms in total. The summed E-state index contributed by atoms with van der Waals surface area (Å²) in [7, 11) is 0. The number of hydrogen-bond acceptors (Lipinski definition) is 3. The summed E-state index contributed by atoms with van der Waals surface area (Å²) in [6.07, 6.45) is 11.8. The van der Waals surface area contributed by atoms with E-state index in [-0.39, 0.29) is 5.28 Å². The van der Waals surface area contributed by atoms with E-state index in [2.05, 4.69) is 28.2 Å². The molecular formula is C11H11ClN2O. The first-order valence-corrected chi connectivity index (χ1v) is 5.18. The largest absolute Gasteiger partial charge is 0.486 e. The number of allylic oxidation sites excluding steroid dienone is 2. The summed E-state index contributed by atoms with van der Waals surface area (Å²) >= 11 is 5.56. The molecule has 0 spiro atoms. The molecule has 1 aliphatic carbocycles. The molecule has 0 saturated carbocycles. The van der Waals surface area contributed by atoms with Gasteiger partial charge in [0.2, 0.25) is 5.28 Å². The van der Waals surface area contributed by atoms with Gasteiger partial charge < -0.3 is 4.74 Å². The van der Waals surface area contributed by atoms with Crippen LogP contribution in [-0.4, -0.2) is 16.6 Å². The first-order chi connectivity index (χ1) is 7.34. The summed E-state index contributed by atoms with van der Waals surface area (Å²) < 4.78 is 5.50. The van der Waals surface area contributed by atoms with Gasteiger partial charge in [-0.15, -0.1) is 0 Å². The van der Waals surface area contributed by atoms with Crippen LogP contribution in [0.4, 0.5) is 0 Å². The van der Waals surface area contributed by atoms with Gasteiger partial charge in [-0.1, -0.05) is 18.2 Å². The number of rotatable bonds is 3. The van der Waals surface area contributed by atoms with Gasteiger partial charge in [-0.3, -0.25) is 0 Å². The number of nitrogens with zero attached hydrogens (tertiary/aromatic N) is 2. The Bertz CT molecular complexity index is 384. The molecule has 15 heavy (non-hydrogen) atoms. The topological polar surface area (TPSA) is 35.0 Å². The third kappa shape index (κ3) is 3.06. The van der Waals surface area contributed by atoms with Gasteiger partial charge in [0.1, 0.15) is 6.61 Å². The van der Waals surface area contributed by atoms with E-state index in [1.807, 2.05) is 0 Å². The van der Waals surface area contributed by atoms with Crippen molar-refractivity contribution in [3.05, 3.63) is 41.5 Å². The molecule has 4 heteroatoms. The molecule has 2 rings (SSSR count). The summed E-state index contributed by atoms with van der Waals surface area (Å²) in [5.74, 6) is 0.638. The maximum atomic E-state index is 5.56. The van der Waals surface area contributed by atoms with Crippen molar-refractivity contribution in [1.82, 2.24) is 9.97 Å². The van der Waals surface area contributed by atoms with E-state index in [9.17, 15) is 0 Å². The zero-order valence-electron chi connectivity index (χ0n) is 8.19. The van der Waals surface area contributed by atoms with Crippen molar-refractivity contribution in [2.45, 2.75) is 12.8 Å². The van der Waals surface area contributed by atoms with Gasteiger partial charge in [0, 0.05) is 0 Å². The Kier molecular flexibility index (Phi) is 3.35. The van der Waals surface area contributed by atoms with Gasteiger partial charge in [0.15, 0.2) is 5.75 Å². The van der Waals surface area contributed by atoms with Crippen molar-refractivity contribution in [2.24, 2.45) is 0 Å². The minimum Gasteiger partial charge on any atom is -0.486 e. The SMILES string of the molecule is Clc1ncc(OCC2=CCCC=C2)cn1. The number of aromatic nitrogens is 2. The highest BCUT2D eigenvalue weighted by molar-refractivity contribution is 6.28. The van der Waals surface area contributed by atoms with Crippen LogP contribution >= 0.6 is 11.6 Å². The molecular weight excluding hydrogens is 212 g/mol. The summed E-state index contributed by atoms with van der Waals surface area (Å²) in [6.45, 7) is 0.557. The van der Waals surface area contributed by atoms with Crippen LogP contribution in [0.5, 0.6) is 5.75 Å². The molecule has 0 amide bonds. The van der Waals surface area contributed by atoms with Crippen LogP contribution in [0.25, 0.3) is 0 Å². The molecule has 0 aliphatic heterocycles. The highest BCUT2D eigenvalue weighted by atomic mass is 35.5. The van der Waals surface area contributed by atoms with Crippen molar-refractivity contribution in [3.63, 3.8) is 0 Å². The van der Waals surface area contributed by atoms with E-state index in [1.165, 1.54) is 5.57 Å². The maximum absolute atomic E-state index is 5.56. The van der Waals surface area contributed by atoms with Crippen LogP contribution in [0.1, 0.15) is 12.8 Å². The Balaban J connectivity index is 1.90. The fourth-order valence-corrected chi connectivity index (χ4v) is 1.41. The van der Waals surface area contributed by atoms with Crippen molar-refractivity contribution in [2.75, 3.05) is 6.61 Å². The second-order valence-electron chi connectivity index (χ2n) is 3.24. The molecule has 0 unspecified atom stereocenters. The van der Waals surface area contributed by atoms with Crippen LogP contribution in [0.2, 0.25) is 5.28 Å². The standard InChI is InChI=1S/C11H11ClN2O/c12-11-13-6-10(7-14-11)15-8-9-4-2-1-3-5-9/h2,4-7H,1,3,8H2. The average molecular weight is 223 g/mol. The van der Waals surface area contributed by atoms with Crippen molar-refractivity contribution >= 4 is 11.6 Å². The molecule has 1 aromatic rings. The molecule has 0 atom stereocenters. The third-order valence-electron chi connectivity index (χ3n) is 2.07. The number of hydrogen-bond donors (Lipinski definition) is 0. The van der Waals surface area contributed by atoms with E-state index in [1.54, 1.807) is 12.4 Å². The highest BCUT2D eigenvalue weighted by Gasteiger charge is 2.00. The first kappa shape index (κ1) is 10.2. The summed E-state index contributed by atoms with van der Waals surface area (Å²) in [5.41, 5.74) is 1.19. The number of ether oxygens (including phenoxy) is 1. The Morgan fingerprint density at radius 3 is 2.73 bits per heavy atom. The van der Waals surface area contributed by atoms with E-state index >= 15 is 0 Å². The second-order valence-corrected chi connectivity index (χ2v) is 3.57. The predicted molar refractivity (Wildman–Crippen MR) is 59.0 cm³/mol. The monoisotopic (exact) mass is 222 g/mol. The summed E-state index contributed by atoms with van der Waals surface area (Å²) in [5, 5.41) is 0.235. The van der Waals surface area contributed by atoms with Gasteiger partial charge in [0.25, 0.3) is 0 Å². The summed E-state index contributed by atoms with van der Waals surface area (Å²) in [6, 6.07) is 0. The van der Waals surface area contributed by atoms with Gasteiger partial charge in [-0.2, -0.15) is 0 Å². The van der Waals surface area contributed by atoms with E-state index in [0.717, 1.165) is 12.8 Å². The zero-order valence-corrected chi connectivity index (χ0v) is 8.94. The Hall–Kier alpha value is -1.35. The predicted octanol–water partition coefficient (Wildman–Crippen LogP) is 2.79. The first-order valence-electron chi connectivity index (χ1n) is 4.80. The van der Waals surface area contributed by atoms with Crippen molar-refractivity contribution in [1.29, 1.82) is 0 Å². The molecule has 1 aliphatic rings. The highest BCUT2D eigenvalue weighted by Crippen LogP contribution is 2.13. The van der Waals surface area contributed by atoms with Crippen LogP contribution < -0.4 is 4.74 Å². The Labute approximate surface area is 93.5 Å². The smallest absolute Gasteiger partial charge is 0.222 e. The van der Waals surface area contributed by atoms with E-state index < -0.39 is 0 Å². The van der Waals surface area contributed by atoms with Crippen LogP contribution in [0, 0.1) is 0 Å². The van der Waals surface area contributed by atoms with Crippen molar-refractivity contribution in [3.8, 4) is 5.75 Å². The fraction of sp³-hybridized carbons (Fsp3) is 0.273. The normalized spacial score (nSPS) is 14.9. The lowest BCUT2D eigenvalue weighted by Crippen LogP contribution is -2.01. The molecule has 0 N–H and O–H groups in total. The van der Waals surface area contributed by atoms with Crippen LogP contribution in [0.3, 0.4) is 0 Å². The van der Waals surface area contributed by atoms with Gasteiger partial charge in [-0.25, -0.2) is 9.97 Å². The molecule has 0 saturated heterocycles. The molecule has 78 valence electrons. The minimum atomic E-state index is 0.235. The van der Waals surface area contributed by atoms with Crippen LogP contribution in [-0.2, 0) is 0 Å². The molecule has 1 aromatic heterocycles. The molecule has 0 radical (unpaired) electrons. The lowest BCUT2D eigenvalue weighted by Gasteiger charge is -2.08. The van der Waals surface area contributed by atoms with Crippen LogP contribution in [0.15, 0.2) is 36.2 Å². The Morgan fingerprint density at radius 1 is 1.27 bits per heavy atom.